The van der Waals surface area contributed by atoms with E-state index in [1.807, 2.05) is 6.07 Å². The number of ether oxygens (including phenoxy) is 1. The van der Waals surface area contributed by atoms with Gasteiger partial charge < -0.3 is 15.0 Å². The molecule has 2 fully saturated rings. The van der Waals surface area contributed by atoms with E-state index < -0.39 is 0 Å². The Morgan fingerprint density at radius 1 is 1.20 bits per heavy atom. The highest BCUT2D eigenvalue weighted by Gasteiger charge is 2.31. The van der Waals surface area contributed by atoms with Crippen molar-refractivity contribution in [2.75, 3.05) is 20.2 Å². The average Bonchev–Trinajstić information content (AvgIpc) is 3.33. The van der Waals surface area contributed by atoms with Crippen LogP contribution < -0.4 is 10.1 Å². The minimum Gasteiger partial charge on any atom is -0.497 e. The largest absolute Gasteiger partial charge is 0.497 e. The van der Waals surface area contributed by atoms with E-state index in [4.69, 9.17) is 4.74 Å². The Balaban J connectivity index is 1.52. The lowest BCUT2D eigenvalue weighted by atomic mass is 10.0. The monoisotopic (exact) mass is 274 g/mol. The number of benzene rings is 1. The first-order valence-corrected chi connectivity index (χ1v) is 7.90. The molecule has 20 heavy (non-hydrogen) atoms. The first-order chi connectivity index (χ1) is 9.76. The first-order valence-electron chi connectivity index (χ1n) is 7.90. The molecule has 1 N–H and O–H groups in total. The summed E-state index contributed by atoms with van der Waals surface area (Å²) in [7, 11) is 1.73. The van der Waals surface area contributed by atoms with Crippen LogP contribution >= 0.6 is 0 Å². The van der Waals surface area contributed by atoms with Crippen molar-refractivity contribution in [3.05, 3.63) is 29.8 Å². The van der Waals surface area contributed by atoms with E-state index in [1.165, 1.54) is 44.3 Å². The van der Waals surface area contributed by atoms with E-state index in [0.29, 0.717) is 12.1 Å². The summed E-state index contributed by atoms with van der Waals surface area (Å²) in [5.74, 6) is 0.944. The van der Waals surface area contributed by atoms with Crippen LogP contribution in [0.25, 0.3) is 0 Å². The van der Waals surface area contributed by atoms with Gasteiger partial charge in [0.15, 0.2) is 0 Å². The summed E-state index contributed by atoms with van der Waals surface area (Å²) in [5, 5.41) is 3.78. The second kappa shape index (κ2) is 6.15. The number of likely N-dealkylation sites (tertiary alicyclic amines) is 1. The molecule has 0 bridgehead atoms. The molecule has 1 aromatic carbocycles. The van der Waals surface area contributed by atoms with Crippen molar-refractivity contribution in [3.63, 3.8) is 0 Å². The van der Waals surface area contributed by atoms with Gasteiger partial charge in [-0.05, 0) is 63.4 Å². The number of hydrogen-bond acceptors (Lipinski definition) is 3. The Labute approximate surface area is 122 Å². The van der Waals surface area contributed by atoms with Crippen molar-refractivity contribution >= 4 is 0 Å². The van der Waals surface area contributed by atoms with Crippen LogP contribution in [0.5, 0.6) is 5.75 Å². The van der Waals surface area contributed by atoms with E-state index in [9.17, 15) is 0 Å². The van der Waals surface area contributed by atoms with Gasteiger partial charge in [0.25, 0.3) is 0 Å². The molecule has 1 saturated carbocycles. The second-order valence-corrected chi connectivity index (χ2v) is 6.21. The Bertz CT molecular complexity index is 436. The molecule has 0 radical (unpaired) electrons. The third kappa shape index (κ3) is 3.33. The van der Waals surface area contributed by atoms with Gasteiger partial charge in [-0.25, -0.2) is 0 Å². The molecule has 0 amide bonds. The highest BCUT2D eigenvalue weighted by molar-refractivity contribution is 5.30. The maximum absolute atomic E-state index is 5.31. The number of piperidine rings is 1. The van der Waals surface area contributed by atoms with Crippen LogP contribution in [0, 0.1) is 0 Å². The van der Waals surface area contributed by atoms with Crippen molar-refractivity contribution in [3.8, 4) is 5.75 Å². The second-order valence-electron chi connectivity index (χ2n) is 6.21. The van der Waals surface area contributed by atoms with E-state index >= 15 is 0 Å². The normalized spacial score (nSPS) is 22.7. The van der Waals surface area contributed by atoms with Gasteiger partial charge in [0, 0.05) is 18.1 Å². The van der Waals surface area contributed by atoms with Crippen LogP contribution in [-0.2, 0) is 0 Å². The molecule has 1 unspecified atom stereocenters. The summed E-state index contributed by atoms with van der Waals surface area (Å²) in [6.45, 7) is 4.79. The van der Waals surface area contributed by atoms with Crippen molar-refractivity contribution in [1.29, 1.82) is 0 Å². The molecule has 1 aliphatic carbocycles. The zero-order chi connectivity index (χ0) is 13.9. The fraction of sp³-hybridized carbons (Fsp3) is 0.647. The van der Waals surface area contributed by atoms with Crippen molar-refractivity contribution in [2.24, 2.45) is 0 Å². The van der Waals surface area contributed by atoms with Gasteiger partial charge in [-0.15, -0.1) is 0 Å². The van der Waals surface area contributed by atoms with E-state index in [2.05, 4.69) is 35.3 Å². The minimum absolute atomic E-state index is 0.391. The third-order valence-electron chi connectivity index (χ3n) is 4.67. The molecule has 1 atom stereocenters. The molecule has 0 aromatic heterocycles. The zero-order valence-electron chi connectivity index (χ0n) is 12.6. The summed E-state index contributed by atoms with van der Waals surface area (Å²) >= 11 is 0. The molecule has 3 rings (SSSR count). The average molecular weight is 274 g/mol. The Morgan fingerprint density at radius 2 is 1.95 bits per heavy atom. The van der Waals surface area contributed by atoms with Crippen LogP contribution in [0.4, 0.5) is 0 Å². The molecular weight excluding hydrogens is 248 g/mol. The van der Waals surface area contributed by atoms with Gasteiger partial charge in [0.05, 0.1) is 7.11 Å². The van der Waals surface area contributed by atoms with E-state index in [0.717, 1.165) is 11.8 Å². The van der Waals surface area contributed by atoms with Gasteiger partial charge >= 0.3 is 0 Å². The van der Waals surface area contributed by atoms with Crippen LogP contribution in [0.2, 0.25) is 0 Å². The number of rotatable bonds is 5. The first kappa shape index (κ1) is 13.9. The molecular formula is C17H26N2O. The summed E-state index contributed by atoms with van der Waals surface area (Å²) in [4.78, 5) is 2.67. The molecule has 1 aliphatic heterocycles. The topological polar surface area (TPSA) is 24.5 Å². The number of hydrogen-bond donors (Lipinski definition) is 1. The lowest BCUT2D eigenvalue weighted by molar-refractivity contribution is 0.184. The van der Waals surface area contributed by atoms with Crippen LogP contribution in [0.15, 0.2) is 24.3 Å². The minimum atomic E-state index is 0.391. The summed E-state index contributed by atoms with van der Waals surface area (Å²) < 4.78 is 5.31. The highest BCUT2D eigenvalue weighted by atomic mass is 16.5. The predicted molar refractivity (Wildman–Crippen MR) is 82.2 cm³/mol. The Morgan fingerprint density at radius 3 is 2.60 bits per heavy atom. The lowest BCUT2D eigenvalue weighted by Crippen LogP contribution is -2.44. The molecule has 3 heteroatoms. The third-order valence-corrected chi connectivity index (χ3v) is 4.67. The maximum atomic E-state index is 5.31. The van der Waals surface area contributed by atoms with Crippen molar-refractivity contribution in [2.45, 2.75) is 50.7 Å². The van der Waals surface area contributed by atoms with Crippen LogP contribution in [0.3, 0.4) is 0 Å². The SMILES string of the molecule is COc1cccc(C(C)NC2CCN(C3CC3)CC2)c1. The predicted octanol–water partition coefficient (Wildman–Crippen LogP) is 2.97. The quantitative estimate of drug-likeness (QED) is 0.893. The van der Waals surface area contributed by atoms with Crippen molar-refractivity contribution in [1.82, 2.24) is 10.2 Å². The highest BCUT2D eigenvalue weighted by Crippen LogP contribution is 2.30. The van der Waals surface area contributed by atoms with Gasteiger partial charge in [-0.1, -0.05) is 12.1 Å². The molecule has 1 aromatic rings. The smallest absolute Gasteiger partial charge is 0.119 e. The molecule has 0 spiro atoms. The Kier molecular flexibility index (Phi) is 4.27. The Hall–Kier alpha value is -1.06. The van der Waals surface area contributed by atoms with Gasteiger partial charge in [0.1, 0.15) is 5.75 Å². The molecule has 1 heterocycles. The molecule has 110 valence electrons. The lowest BCUT2D eigenvalue weighted by Gasteiger charge is -2.34. The zero-order valence-corrected chi connectivity index (χ0v) is 12.6. The van der Waals surface area contributed by atoms with E-state index in [-0.39, 0.29) is 0 Å². The molecule has 2 aliphatic rings. The number of nitrogens with zero attached hydrogens (tertiary/aromatic N) is 1. The van der Waals surface area contributed by atoms with Crippen molar-refractivity contribution < 1.29 is 4.74 Å². The van der Waals surface area contributed by atoms with Gasteiger partial charge in [0.2, 0.25) is 0 Å². The fourth-order valence-electron chi connectivity index (χ4n) is 3.23. The summed E-state index contributed by atoms with van der Waals surface area (Å²) in [5.41, 5.74) is 1.31. The summed E-state index contributed by atoms with van der Waals surface area (Å²) in [6, 6.07) is 10.4. The van der Waals surface area contributed by atoms with Crippen LogP contribution in [0.1, 0.15) is 44.2 Å². The van der Waals surface area contributed by atoms with E-state index in [1.54, 1.807) is 7.11 Å². The standard InChI is InChI=1S/C17H26N2O/c1-13(14-4-3-5-17(12-14)20-2)18-15-8-10-19(11-9-15)16-6-7-16/h3-5,12-13,15-16,18H,6-11H2,1-2H3. The number of methoxy groups -OCH3 is 1. The number of nitrogens with one attached hydrogen (secondary N) is 1. The molecule has 1 saturated heterocycles. The fourth-order valence-corrected chi connectivity index (χ4v) is 3.23. The van der Waals surface area contributed by atoms with Gasteiger partial charge in [-0.2, -0.15) is 0 Å². The molecule has 3 nitrogen and oxygen atoms in total. The summed E-state index contributed by atoms with van der Waals surface area (Å²) in [6.07, 6.45) is 5.42. The van der Waals surface area contributed by atoms with Gasteiger partial charge in [-0.3, -0.25) is 0 Å². The maximum Gasteiger partial charge on any atom is 0.119 e. The van der Waals surface area contributed by atoms with Crippen LogP contribution in [-0.4, -0.2) is 37.2 Å².